The first-order valence-corrected chi connectivity index (χ1v) is 10.3. The molecule has 0 saturated carbocycles. The fraction of sp³-hybridized carbons (Fsp3) is 0.588. The molecule has 26 heavy (non-hydrogen) atoms. The minimum Gasteiger partial charge on any atom is -0.375 e. The normalized spacial score (nSPS) is 24.1. The van der Waals surface area contributed by atoms with Crippen molar-refractivity contribution in [2.24, 2.45) is 0 Å². The Hall–Kier alpha value is -1.68. The molecule has 0 radical (unpaired) electrons. The highest BCUT2D eigenvalue weighted by molar-refractivity contribution is 7.89. The van der Waals surface area contributed by atoms with Crippen molar-refractivity contribution in [3.63, 3.8) is 0 Å². The van der Waals surface area contributed by atoms with E-state index < -0.39 is 10.0 Å². The van der Waals surface area contributed by atoms with Gasteiger partial charge < -0.3 is 15.0 Å². The first kappa shape index (κ1) is 19.1. The van der Waals surface area contributed by atoms with Crippen LogP contribution in [0.4, 0.5) is 4.79 Å². The summed E-state index contributed by atoms with van der Waals surface area (Å²) in [6, 6.07) is 8.23. The van der Waals surface area contributed by atoms with Gasteiger partial charge in [-0.2, -0.15) is 0 Å². The van der Waals surface area contributed by atoms with Gasteiger partial charge in [-0.1, -0.05) is 18.2 Å². The lowest BCUT2D eigenvalue weighted by atomic mass is 9.99. The molecule has 1 aromatic rings. The van der Waals surface area contributed by atoms with E-state index in [9.17, 15) is 13.2 Å². The van der Waals surface area contributed by atoms with Crippen molar-refractivity contribution in [3.05, 3.63) is 30.3 Å². The molecular formula is C17H26N4O4S. The lowest BCUT2D eigenvalue weighted by molar-refractivity contribution is -0.0881. The Kier molecular flexibility index (Phi) is 6.13. The molecule has 3 rings (SSSR count). The smallest absolute Gasteiger partial charge is 0.317 e. The van der Waals surface area contributed by atoms with Crippen molar-refractivity contribution in [3.8, 4) is 0 Å². The Balaban J connectivity index is 1.43. The molecule has 2 amide bonds. The number of amides is 2. The summed E-state index contributed by atoms with van der Waals surface area (Å²) in [5.41, 5.74) is 0. The Morgan fingerprint density at radius 2 is 2.00 bits per heavy atom. The summed E-state index contributed by atoms with van der Waals surface area (Å²) in [5, 5.41) is 2.79. The van der Waals surface area contributed by atoms with Crippen LogP contribution in [-0.2, 0) is 14.8 Å². The van der Waals surface area contributed by atoms with Gasteiger partial charge in [0.1, 0.15) is 0 Å². The van der Waals surface area contributed by atoms with Crippen LogP contribution < -0.4 is 10.0 Å². The second-order valence-corrected chi connectivity index (χ2v) is 8.40. The monoisotopic (exact) mass is 382 g/mol. The molecule has 0 bridgehead atoms. The predicted molar refractivity (Wildman–Crippen MR) is 97.4 cm³/mol. The number of likely N-dealkylation sites (N-methyl/N-ethyl adjacent to an activating group) is 1. The zero-order valence-electron chi connectivity index (χ0n) is 14.9. The number of carbonyl (C=O) groups excluding carboxylic acids is 1. The maximum atomic E-state index is 12.4. The van der Waals surface area contributed by atoms with E-state index in [1.54, 1.807) is 23.1 Å². The molecule has 2 fully saturated rings. The van der Waals surface area contributed by atoms with Gasteiger partial charge in [0.05, 0.1) is 23.6 Å². The fourth-order valence-electron chi connectivity index (χ4n) is 3.38. The number of hydrogen-bond acceptors (Lipinski definition) is 5. The van der Waals surface area contributed by atoms with Crippen molar-refractivity contribution in [2.75, 3.05) is 46.4 Å². The third-order valence-electron chi connectivity index (χ3n) is 4.90. The summed E-state index contributed by atoms with van der Waals surface area (Å²) in [7, 11) is -1.49. The van der Waals surface area contributed by atoms with Crippen LogP contribution in [-0.4, -0.2) is 82.8 Å². The third-order valence-corrected chi connectivity index (χ3v) is 6.37. The van der Waals surface area contributed by atoms with Gasteiger partial charge in [-0.15, -0.1) is 0 Å². The highest BCUT2D eigenvalue weighted by Crippen LogP contribution is 2.21. The van der Waals surface area contributed by atoms with E-state index in [0.29, 0.717) is 13.1 Å². The summed E-state index contributed by atoms with van der Waals surface area (Å²) < 4.78 is 32.5. The van der Waals surface area contributed by atoms with Crippen molar-refractivity contribution in [1.29, 1.82) is 0 Å². The second kappa shape index (κ2) is 8.34. The number of carbonyl (C=O) groups is 1. The van der Waals surface area contributed by atoms with Crippen LogP contribution in [0.25, 0.3) is 0 Å². The van der Waals surface area contributed by atoms with Gasteiger partial charge in [-0.3, -0.25) is 4.90 Å². The molecule has 0 aromatic heterocycles. The van der Waals surface area contributed by atoms with Crippen LogP contribution in [0.5, 0.6) is 0 Å². The summed E-state index contributed by atoms with van der Waals surface area (Å²) in [6.07, 6.45) is 1.01. The SMILES string of the molecule is CN1CCOC2CCN(C(=O)NCCNS(=O)(=O)c3ccccc3)CC21. The number of morpholine rings is 1. The molecular weight excluding hydrogens is 356 g/mol. The molecule has 0 spiro atoms. The summed E-state index contributed by atoms with van der Waals surface area (Å²) in [6.45, 7) is 3.27. The molecule has 2 aliphatic heterocycles. The Morgan fingerprint density at radius 1 is 1.23 bits per heavy atom. The summed E-state index contributed by atoms with van der Waals surface area (Å²) in [4.78, 5) is 16.6. The standard InChI is InChI=1S/C17H26N4O4S/c1-20-11-12-25-16-7-10-21(13-15(16)20)17(22)18-8-9-19-26(23,24)14-5-3-2-4-6-14/h2-6,15-16,19H,7-13H2,1H3,(H,18,22). The van der Waals surface area contributed by atoms with Crippen LogP contribution in [0, 0.1) is 0 Å². The Morgan fingerprint density at radius 3 is 2.77 bits per heavy atom. The lowest BCUT2D eigenvalue weighted by Gasteiger charge is -2.45. The van der Waals surface area contributed by atoms with Gasteiger partial charge in [0.15, 0.2) is 0 Å². The van der Waals surface area contributed by atoms with E-state index in [1.165, 1.54) is 12.1 Å². The van der Waals surface area contributed by atoms with E-state index in [4.69, 9.17) is 4.74 Å². The first-order chi connectivity index (χ1) is 12.5. The molecule has 2 heterocycles. The number of likely N-dealkylation sites (tertiary alicyclic amines) is 1. The number of ether oxygens (including phenoxy) is 1. The van der Waals surface area contributed by atoms with Crippen molar-refractivity contribution in [2.45, 2.75) is 23.5 Å². The number of rotatable bonds is 5. The molecule has 8 nitrogen and oxygen atoms in total. The lowest BCUT2D eigenvalue weighted by Crippen LogP contribution is -2.60. The average molecular weight is 382 g/mol. The highest BCUT2D eigenvalue weighted by Gasteiger charge is 2.36. The van der Waals surface area contributed by atoms with Gasteiger partial charge in [-0.25, -0.2) is 17.9 Å². The summed E-state index contributed by atoms with van der Waals surface area (Å²) >= 11 is 0. The number of nitrogens with one attached hydrogen (secondary N) is 2. The van der Waals surface area contributed by atoms with Gasteiger partial charge in [0, 0.05) is 32.7 Å². The van der Waals surface area contributed by atoms with E-state index in [-0.39, 0.29) is 36.2 Å². The molecule has 2 aliphatic rings. The zero-order valence-corrected chi connectivity index (χ0v) is 15.7. The number of hydrogen-bond donors (Lipinski definition) is 2. The number of fused-ring (bicyclic) bond motifs is 1. The molecule has 0 aliphatic carbocycles. The van der Waals surface area contributed by atoms with E-state index in [0.717, 1.165) is 19.6 Å². The molecule has 2 atom stereocenters. The van der Waals surface area contributed by atoms with E-state index in [2.05, 4.69) is 22.0 Å². The van der Waals surface area contributed by atoms with Gasteiger partial charge in [0.2, 0.25) is 10.0 Å². The summed E-state index contributed by atoms with van der Waals surface area (Å²) in [5.74, 6) is 0. The largest absolute Gasteiger partial charge is 0.375 e. The van der Waals surface area contributed by atoms with Gasteiger partial charge >= 0.3 is 6.03 Å². The topological polar surface area (TPSA) is 91.0 Å². The van der Waals surface area contributed by atoms with Crippen molar-refractivity contribution >= 4 is 16.1 Å². The molecule has 2 unspecified atom stereocenters. The van der Waals surface area contributed by atoms with Crippen molar-refractivity contribution in [1.82, 2.24) is 19.8 Å². The van der Waals surface area contributed by atoms with Crippen LogP contribution in [0.3, 0.4) is 0 Å². The number of benzene rings is 1. The van der Waals surface area contributed by atoms with Gasteiger partial charge in [0.25, 0.3) is 0 Å². The second-order valence-electron chi connectivity index (χ2n) is 6.63. The zero-order chi connectivity index (χ0) is 18.6. The fourth-order valence-corrected chi connectivity index (χ4v) is 4.43. The molecule has 2 saturated heterocycles. The van der Waals surface area contributed by atoms with Crippen LogP contribution in [0.15, 0.2) is 35.2 Å². The maximum absolute atomic E-state index is 12.4. The maximum Gasteiger partial charge on any atom is 0.317 e. The van der Waals surface area contributed by atoms with Gasteiger partial charge in [-0.05, 0) is 25.6 Å². The molecule has 144 valence electrons. The third kappa shape index (κ3) is 4.53. The Bertz CT molecular complexity index is 713. The Labute approximate surface area is 154 Å². The van der Waals surface area contributed by atoms with E-state index >= 15 is 0 Å². The van der Waals surface area contributed by atoms with Crippen LogP contribution >= 0.6 is 0 Å². The molecule has 1 aromatic carbocycles. The average Bonchev–Trinajstić information content (AvgIpc) is 2.66. The van der Waals surface area contributed by atoms with E-state index in [1.807, 2.05) is 0 Å². The molecule has 2 N–H and O–H groups in total. The molecule has 9 heteroatoms. The van der Waals surface area contributed by atoms with Crippen LogP contribution in [0.2, 0.25) is 0 Å². The number of urea groups is 1. The first-order valence-electron chi connectivity index (χ1n) is 8.87. The van der Waals surface area contributed by atoms with Crippen molar-refractivity contribution < 1.29 is 17.9 Å². The van der Waals surface area contributed by atoms with Crippen LogP contribution in [0.1, 0.15) is 6.42 Å². The highest BCUT2D eigenvalue weighted by atomic mass is 32.2. The quantitative estimate of drug-likeness (QED) is 0.704. The predicted octanol–water partition coefficient (Wildman–Crippen LogP) is 0.0794. The minimum atomic E-state index is -3.54. The number of piperidine rings is 1. The number of nitrogens with zero attached hydrogens (tertiary/aromatic N) is 2. The minimum absolute atomic E-state index is 0.145. The number of sulfonamides is 1.